The molecule has 0 amide bonds. The number of hydrogen-bond acceptors (Lipinski definition) is 3. The molecule has 0 radical (unpaired) electrons. The molecule has 0 aliphatic rings. The van der Waals surface area contributed by atoms with E-state index in [-0.39, 0.29) is 0 Å². The van der Waals surface area contributed by atoms with Crippen LogP contribution in [-0.2, 0) is 4.84 Å². The average molecular weight is 128 g/mol. The second-order valence-corrected chi connectivity index (χ2v) is 1.62. The van der Waals surface area contributed by atoms with E-state index in [1.807, 2.05) is 0 Å². The summed E-state index contributed by atoms with van der Waals surface area (Å²) in [5.74, 6) is 0. The third-order valence-corrected chi connectivity index (χ3v) is 0.787. The van der Waals surface area contributed by atoms with Crippen LogP contribution in [0.25, 0.3) is 0 Å². The average Bonchev–Trinajstić information content (AvgIpc) is 1.83. The van der Waals surface area contributed by atoms with Gasteiger partial charge >= 0.3 is 0 Å². The monoisotopic (exact) mass is 128 g/mol. The maximum Gasteiger partial charge on any atom is 0.0638 e. The molecule has 0 aromatic carbocycles. The number of allylic oxidation sites excluding steroid dienone is 1. The molecule has 3 nitrogen and oxygen atoms in total. The van der Waals surface area contributed by atoms with E-state index >= 15 is 0 Å². The summed E-state index contributed by atoms with van der Waals surface area (Å²) in [5.41, 5.74) is 5.74. The Bertz CT molecular complexity index is 120. The van der Waals surface area contributed by atoms with E-state index in [9.17, 15) is 0 Å². The van der Waals surface area contributed by atoms with Crippen LogP contribution in [0.4, 0.5) is 0 Å². The first kappa shape index (κ1) is 8.04. The fraction of sp³-hybridized carbons (Fsp3) is 0.333. The molecule has 0 unspecified atom stereocenters. The second kappa shape index (κ2) is 3.97. The first-order chi connectivity index (χ1) is 4.16. The van der Waals surface area contributed by atoms with Gasteiger partial charge < -0.3 is 5.73 Å². The second-order valence-electron chi connectivity index (χ2n) is 1.62. The number of hydroxylamine groups is 2. The van der Waals surface area contributed by atoms with Crippen LogP contribution < -0.4 is 5.73 Å². The van der Waals surface area contributed by atoms with Crippen molar-refractivity contribution >= 4 is 0 Å². The lowest BCUT2D eigenvalue weighted by molar-refractivity contribution is -0.0645. The van der Waals surface area contributed by atoms with Gasteiger partial charge in [-0.25, -0.2) is 0 Å². The molecule has 0 fully saturated rings. The maximum absolute atomic E-state index is 5.23. The molecule has 0 saturated heterocycles. The molecule has 2 N–H and O–H groups in total. The lowest BCUT2D eigenvalue weighted by atomic mass is 10.5. The van der Waals surface area contributed by atoms with Gasteiger partial charge in [0.25, 0.3) is 0 Å². The summed E-state index contributed by atoms with van der Waals surface area (Å²) in [6.45, 7) is 3.47. The summed E-state index contributed by atoms with van der Waals surface area (Å²) in [6.07, 6.45) is 3.34. The molecule has 52 valence electrons. The van der Waals surface area contributed by atoms with Crippen LogP contribution in [0.2, 0.25) is 0 Å². The van der Waals surface area contributed by atoms with Gasteiger partial charge in [-0.15, -0.1) is 0 Å². The van der Waals surface area contributed by atoms with Crippen LogP contribution in [0.5, 0.6) is 0 Å². The Kier molecular flexibility index (Phi) is 3.55. The van der Waals surface area contributed by atoms with Crippen molar-refractivity contribution in [3.63, 3.8) is 0 Å². The number of nitrogens with zero attached hydrogens (tertiary/aromatic N) is 1. The molecule has 3 heteroatoms. The molecule has 0 atom stereocenters. The van der Waals surface area contributed by atoms with Gasteiger partial charge in [-0.3, -0.25) is 9.90 Å². The minimum atomic E-state index is 0.513. The van der Waals surface area contributed by atoms with Crippen LogP contribution >= 0.6 is 0 Å². The zero-order valence-corrected chi connectivity index (χ0v) is 5.79. The van der Waals surface area contributed by atoms with Crippen LogP contribution in [0.1, 0.15) is 0 Å². The predicted octanol–water partition coefficient (Wildman–Crippen LogP) is 0.466. The molecule has 0 saturated carbocycles. The van der Waals surface area contributed by atoms with E-state index in [0.717, 1.165) is 0 Å². The summed E-state index contributed by atoms with van der Waals surface area (Å²) in [4.78, 5) is 4.75. The van der Waals surface area contributed by atoms with Gasteiger partial charge in [0.2, 0.25) is 0 Å². The van der Waals surface area contributed by atoms with Crippen molar-refractivity contribution in [1.82, 2.24) is 5.06 Å². The first-order valence-electron chi connectivity index (χ1n) is 2.56. The molecular formula is C6H12N2O. The molecule has 0 spiro atoms. The van der Waals surface area contributed by atoms with Gasteiger partial charge in [-0.05, 0) is 6.08 Å². The quantitative estimate of drug-likeness (QED) is 0.443. The molecule has 0 bridgehead atoms. The van der Waals surface area contributed by atoms with Gasteiger partial charge in [0, 0.05) is 18.9 Å². The van der Waals surface area contributed by atoms with Crippen molar-refractivity contribution in [3.8, 4) is 0 Å². The van der Waals surface area contributed by atoms with Crippen LogP contribution in [-0.4, -0.2) is 19.2 Å². The van der Waals surface area contributed by atoms with E-state index in [2.05, 4.69) is 6.58 Å². The Balaban J connectivity index is 3.56. The van der Waals surface area contributed by atoms with Crippen LogP contribution in [0.15, 0.2) is 24.6 Å². The van der Waals surface area contributed by atoms with Gasteiger partial charge in [0.1, 0.15) is 0 Å². The van der Waals surface area contributed by atoms with Gasteiger partial charge in [0.05, 0.1) is 7.11 Å². The Morgan fingerprint density at radius 3 is 2.67 bits per heavy atom. The summed E-state index contributed by atoms with van der Waals surface area (Å²) >= 11 is 0. The van der Waals surface area contributed by atoms with Crippen molar-refractivity contribution in [2.75, 3.05) is 14.2 Å². The Labute approximate surface area is 55.4 Å². The molecular weight excluding hydrogens is 116 g/mol. The number of rotatable bonds is 3. The molecule has 0 aromatic heterocycles. The lowest BCUT2D eigenvalue weighted by Crippen LogP contribution is -2.07. The maximum atomic E-state index is 5.23. The highest BCUT2D eigenvalue weighted by atomic mass is 16.7. The number of nitrogens with two attached hydrogens (primary N) is 1. The minimum Gasteiger partial charge on any atom is -0.399 e. The fourth-order valence-electron chi connectivity index (χ4n) is 0.262. The van der Waals surface area contributed by atoms with E-state index in [4.69, 9.17) is 10.6 Å². The highest BCUT2D eigenvalue weighted by Crippen LogP contribution is 1.85. The highest BCUT2D eigenvalue weighted by Gasteiger charge is 1.81. The topological polar surface area (TPSA) is 38.5 Å². The normalized spacial score (nSPS) is 10.0. The molecule has 0 aliphatic carbocycles. The van der Waals surface area contributed by atoms with Gasteiger partial charge in [-0.1, -0.05) is 6.58 Å². The third kappa shape index (κ3) is 4.90. The fourth-order valence-corrected chi connectivity index (χ4v) is 0.262. The first-order valence-corrected chi connectivity index (χ1v) is 2.56. The van der Waals surface area contributed by atoms with Crippen molar-refractivity contribution < 1.29 is 4.84 Å². The van der Waals surface area contributed by atoms with Gasteiger partial charge in [0.15, 0.2) is 0 Å². The zero-order valence-electron chi connectivity index (χ0n) is 5.79. The Morgan fingerprint density at radius 2 is 2.33 bits per heavy atom. The predicted molar refractivity (Wildman–Crippen MR) is 37.2 cm³/mol. The van der Waals surface area contributed by atoms with Crippen molar-refractivity contribution in [2.45, 2.75) is 0 Å². The molecule has 9 heavy (non-hydrogen) atoms. The van der Waals surface area contributed by atoms with Crippen molar-refractivity contribution in [2.24, 2.45) is 5.73 Å². The largest absolute Gasteiger partial charge is 0.399 e. The lowest BCUT2D eigenvalue weighted by Gasteiger charge is -2.07. The standard InChI is InChI=1S/C6H12N2O/c1-6(7)4-5-8(2)9-3/h4-5H,1,7H2,2-3H3/b5-4-. The van der Waals surface area contributed by atoms with Crippen LogP contribution in [0, 0.1) is 0 Å². The summed E-state index contributed by atoms with van der Waals surface area (Å²) in [6, 6.07) is 0. The Morgan fingerprint density at radius 1 is 1.78 bits per heavy atom. The van der Waals surface area contributed by atoms with E-state index in [1.54, 1.807) is 26.4 Å². The molecule has 0 heterocycles. The Hall–Kier alpha value is -0.960. The van der Waals surface area contributed by atoms with E-state index < -0.39 is 0 Å². The number of hydrogen-bond donors (Lipinski definition) is 1. The molecule has 0 rings (SSSR count). The highest BCUT2D eigenvalue weighted by molar-refractivity contribution is 5.08. The third-order valence-electron chi connectivity index (χ3n) is 0.787. The van der Waals surface area contributed by atoms with Crippen LogP contribution in [0.3, 0.4) is 0 Å². The van der Waals surface area contributed by atoms with Crippen molar-refractivity contribution in [1.29, 1.82) is 0 Å². The smallest absolute Gasteiger partial charge is 0.0638 e. The summed E-state index contributed by atoms with van der Waals surface area (Å²) in [5, 5.41) is 1.53. The summed E-state index contributed by atoms with van der Waals surface area (Å²) < 4.78 is 0. The van der Waals surface area contributed by atoms with E-state index in [1.165, 1.54) is 5.06 Å². The molecule has 0 aromatic rings. The van der Waals surface area contributed by atoms with Gasteiger partial charge in [-0.2, -0.15) is 0 Å². The zero-order chi connectivity index (χ0) is 7.28. The molecule has 0 aliphatic heterocycles. The SMILES string of the molecule is C=C(N)/C=C\N(C)OC. The van der Waals surface area contributed by atoms with E-state index in [0.29, 0.717) is 5.70 Å². The minimum absolute atomic E-state index is 0.513. The van der Waals surface area contributed by atoms with Crippen molar-refractivity contribution in [3.05, 3.63) is 24.6 Å². The summed E-state index contributed by atoms with van der Waals surface area (Å²) in [7, 11) is 3.34.